The first-order chi connectivity index (χ1) is 10.8. The summed E-state index contributed by atoms with van der Waals surface area (Å²) >= 11 is 5.90. The van der Waals surface area contributed by atoms with Crippen molar-refractivity contribution in [2.75, 3.05) is 13.1 Å². The molecule has 7 heteroatoms. The van der Waals surface area contributed by atoms with Gasteiger partial charge in [0.15, 0.2) is 5.65 Å². The predicted molar refractivity (Wildman–Crippen MR) is 83.8 cm³/mol. The minimum absolute atomic E-state index is 0.467. The van der Waals surface area contributed by atoms with Crippen LogP contribution in [0.2, 0.25) is 5.02 Å². The molecule has 0 unspecified atom stereocenters. The lowest BCUT2D eigenvalue weighted by Crippen LogP contribution is -2.35. The number of halogens is 1. The number of piperidine rings is 1. The van der Waals surface area contributed by atoms with Crippen LogP contribution in [0.3, 0.4) is 0 Å². The Bertz CT molecular complexity index is 771. The van der Waals surface area contributed by atoms with Crippen LogP contribution in [-0.4, -0.2) is 42.4 Å². The smallest absolute Gasteiger partial charge is 0.160 e. The van der Waals surface area contributed by atoms with E-state index in [0.29, 0.717) is 10.9 Å². The lowest BCUT2D eigenvalue weighted by Gasteiger charge is -2.30. The molecule has 3 aromatic heterocycles. The molecule has 6 nitrogen and oxygen atoms in total. The molecule has 4 heterocycles. The highest BCUT2D eigenvalue weighted by atomic mass is 35.5. The first-order valence-corrected chi connectivity index (χ1v) is 7.87. The Labute approximate surface area is 133 Å². The van der Waals surface area contributed by atoms with Gasteiger partial charge in [0.05, 0.1) is 17.9 Å². The molecule has 22 heavy (non-hydrogen) atoms. The summed E-state index contributed by atoms with van der Waals surface area (Å²) in [5.74, 6) is 1.55. The standard InChI is InChI=1S/C15H17ClN6/c16-13-9-17-21(10-13)11-20-7-4-12(5-8-20)15-19-18-14-3-1-2-6-22(14)15/h1-3,6,9-10,12H,4-5,7-8,11H2. The van der Waals surface area contributed by atoms with Gasteiger partial charge in [-0.2, -0.15) is 5.10 Å². The van der Waals surface area contributed by atoms with Gasteiger partial charge in [-0.15, -0.1) is 10.2 Å². The van der Waals surface area contributed by atoms with Crippen LogP contribution < -0.4 is 0 Å². The average molecular weight is 317 g/mol. The van der Waals surface area contributed by atoms with Crippen molar-refractivity contribution in [3.05, 3.63) is 47.6 Å². The number of nitrogens with zero attached hydrogens (tertiary/aromatic N) is 6. The molecule has 1 aliphatic heterocycles. The van der Waals surface area contributed by atoms with E-state index in [1.165, 1.54) is 0 Å². The highest BCUT2D eigenvalue weighted by Crippen LogP contribution is 2.27. The number of rotatable bonds is 3. The Morgan fingerprint density at radius 2 is 2.05 bits per heavy atom. The van der Waals surface area contributed by atoms with Gasteiger partial charge in [0.25, 0.3) is 0 Å². The molecule has 0 aromatic carbocycles. The van der Waals surface area contributed by atoms with Crippen LogP contribution in [0.15, 0.2) is 36.8 Å². The van der Waals surface area contributed by atoms with Gasteiger partial charge in [0.1, 0.15) is 5.82 Å². The highest BCUT2D eigenvalue weighted by molar-refractivity contribution is 6.30. The second-order valence-corrected chi connectivity index (χ2v) is 6.16. The summed E-state index contributed by atoms with van der Waals surface area (Å²) in [6.45, 7) is 2.85. The quantitative estimate of drug-likeness (QED) is 0.744. The van der Waals surface area contributed by atoms with Gasteiger partial charge in [0, 0.05) is 31.4 Å². The third-order valence-corrected chi connectivity index (χ3v) is 4.43. The van der Waals surface area contributed by atoms with Crippen molar-refractivity contribution in [1.82, 2.24) is 29.3 Å². The van der Waals surface area contributed by atoms with Gasteiger partial charge in [0.2, 0.25) is 0 Å². The summed E-state index contributed by atoms with van der Waals surface area (Å²) in [7, 11) is 0. The monoisotopic (exact) mass is 316 g/mol. The Morgan fingerprint density at radius 1 is 1.18 bits per heavy atom. The summed E-state index contributed by atoms with van der Waals surface area (Å²) in [5.41, 5.74) is 0.922. The normalized spacial score (nSPS) is 17.3. The average Bonchev–Trinajstić information content (AvgIpc) is 3.14. The predicted octanol–water partition coefficient (Wildman–Crippen LogP) is 2.42. The number of aromatic nitrogens is 5. The Hall–Kier alpha value is -1.92. The summed E-state index contributed by atoms with van der Waals surface area (Å²) in [6, 6.07) is 6.01. The largest absolute Gasteiger partial charge is 0.286 e. The maximum atomic E-state index is 5.90. The lowest BCUT2D eigenvalue weighted by atomic mass is 9.96. The van der Waals surface area contributed by atoms with E-state index in [0.717, 1.165) is 44.1 Å². The highest BCUT2D eigenvalue weighted by Gasteiger charge is 2.24. The summed E-state index contributed by atoms with van der Waals surface area (Å²) in [4.78, 5) is 2.39. The van der Waals surface area contributed by atoms with Crippen molar-refractivity contribution in [2.24, 2.45) is 0 Å². The minimum Gasteiger partial charge on any atom is -0.286 e. The van der Waals surface area contributed by atoms with Gasteiger partial charge < -0.3 is 0 Å². The van der Waals surface area contributed by atoms with Crippen LogP contribution in [0.1, 0.15) is 24.6 Å². The molecule has 1 aliphatic rings. The minimum atomic E-state index is 0.467. The molecule has 0 aliphatic carbocycles. The third-order valence-electron chi connectivity index (χ3n) is 4.24. The van der Waals surface area contributed by atoms with Crippen LogP contribution in [0, 0.1) is 0 Å². The SMILES string of the molecule is Clc1cnn(CN2CCC(c3nnc4ccccn34)CC2)c1. The van der Waals surface area contributed by atoms with Crippen LogP contribution in [0.5, 0.6) is 0 Å². The van der Waals surface area contributed by atoms with Crippen LogP contribution in [-0.2, 0) is 6.67 Å². The molecule has 0 N–H and O–H groups in total. The summed E-state index contributed by atoms with van der Waals surface area (Å²) in [6.07, 6.45) is 7.76. The fourth-order valence-electron chi connectivity index (χ4n) is 3.09. The van der Waals surface area contributed by atoms with Crippen molar-refractivity contribution >= 4 is 17.2 Å². The third kappa shape index (κ3) is 2.60. The lowest BCUT2D eigenvalue weighted by molar-refractivity contribution is 0.159. The molecule has 3 aromatic rings. The molecule has 1 fully saturated rings. The number of fused-ring (bicyclic) bond motifs is 1. The summed E-state index contributed by atoms with van der Waals surface area (Å²) in [5, 5.41) is 13.6. The van der Waals surface area contributed by atoms with Gasteiger partial charge in [-0.1, -0.05) is 17.7 Å². The van der Waals surface area contributed by atoms with E-state index in [1.807, 2.05) is 35.3 Å². The van der Waals surface area contributed by atoms with Gasteiger partial charge >= 0.3 is 0 Å². The van der Waals surface area contributed by atoms with Gasteiger partial charge in [-0.25, -0.2) is 0 Å². The molecule has 0 spiro atoms. The zero-order chi connectivity index (χ0) is 14.9. The molecule has 114 valence electrons. The zero-order valence-electron chi connectivity index (χ0n) is 12.1. The zero-order valence-corrected chi connectivity index (χ0v) is 12.9. The van der Waals surface area contributed by atoms with E-state index in [4.69, 9.17) is 11.6 Å². The molecular weight excluding hydrogens is 300 g/mol. The van der Waals surface area contributed by atoms with E-state index in [2.05, 4.69) is 24.6 Å². The van der Waals surface area contributed by atoms with E-state index in [1.54, 1.807) is 6.20 Å². The van der Waals surface area contributed by atoms with E-state index in [9.17, 15) is 0 Å². The van der Waals surface area contributed by atoms with Crippen molar-refractivity contribution in [1.29, 1.82) is 0 Å². The fraction of sp³-hybridized carbons (Fsp3) is 0.400. The first kappa shape index (κ1) is 13.7. The Kier molecular flexibility index (Phi) is 3.56. The number of pyridine rings is 1. The maximum absolute atomic E-state index is 5.90. The van der Waals surface area contributed by atoms with Crippen molar-refractivity contribution < 1.29 is 0 Å². The molecule has 4 rings (SSSR count). The Morgan fingerprint density at radius 3 is 2.82 bits per heavy atom. The van der Waals surface area contributed by atoms with Crippen LogP contribution >= 0.6 is 11.6 Å². The summed E-state index contributed by atoms with van der Waals surface area (Å²) < 4.78 is 3.99. The molecule has 0 radical (unpaired) electrons. The number of hydrogen-bond donors (Lipinski definition) is 0. The van der Waals surface area contributed by atoms with Crippen molar-refractivity contribution in [3.8, 4) is 0 Å². The maximum Gasteiger partial charge on any atom is 0.160 e. The Balaban J connectivity index is 1.43. The molecule has 0 bridgehead atoms. The molecule has 0 saturated carbocycles. The molecule has 1 saturated heterocycles. The topological polar surface area (TPSA) is 51.2 Å². The second kappa shape index (κ2) is 5.70. The molecular formula is C15H17ClN6. The van der Waals surface area contributed by atoms with Crippen LogP contribution in [0.25, 0.3) is 5.65 Å². The number of likely N-dealkylation sites (tertiary alicyclic amines) is 1. The van der Waals surface area contributed by atoms with Gasteiger partial charge in [-0.05, 0) is 25.0 Å². The van der Waals surface area contributed by atoms with Crippen molar-refractivity contribution in [3.63, 3.8) is 0 Å². The van der Waals surface area contributed by atoms with E-state index in [-0.39, 0.29) is 0 Å². The first-order valence-electron chi connectivity index (χ1n) is 7.49. The molecule has 0 amide bonds. The van der Waals surface area contributed by atoms with E-state index < -0.39 is 0 Å². The van der Waals surface area contributed by atoms with Gasteiger partial charge in [-0.3, -0.25) is 14.0 Å². The fourth-order valence-corrected chi connectivity index (χ4v) is 3.25. The van der Waals surface area contributed by atoms with E-state index >= 15 is 0 Å². The second-order valence-electron chi connectivity index (χ2n) is 5.72. The van der Waals surface area contributed by atoms with Crippen LogP contribution in [0.4, 0.5) is 0 Å². The van der Waals surface area contributed by atoms with Crippen molar-refractivity contribution in [2.45, 2.75) is 25.4 Å². The molecule has 0 atom stereocenters. The number of hydrogen-bond acceptors (Lipinski definition) is 4.